The molecular formula is C29H34O7. The lowest BCUT2D eigenvalue weighted by atomic mass is 10.00. The van der Waals surface area contributed by atoms with Crippen LogP contribution in [0.1, 0.15) is 57.4 Å². The van der Waals surface area contributed by atoms with Gasteiger partial charge in [0.25, 0.3) is 0 Å². The number of carbonyl (C=O) groups is 3. The van der Waals surface area contributed by atoms with Gasteiger partial charge in [0.05, 0.1) is 28.4 Å². The third kappa shape index (κ3) is 9.25. The normalized spacial score (nSPS) is 9.44. The lowest BCUT2D eigenvalue weighted by Gasteiger charge is -2.05. The zero-order valence-corrected chi connectivity index (χ0v) is 22.1. The summed E-state index contributed by atoms with van der Waals surface area (Å²) in [5.41, 5.74) is 2.28. The van der Waals surface area contributed by atoms with Crippen LogP contribution < -0.4 is 18.9 Å². The third-order valence-corrected chi connectivity index (χ3v) is 5.04. The van der Waals surface area contributed by atoms with Gasteiger partial charge in [-0.3, -0.25) is 14.4 Å². The first-order valence-corrected chi connectivity index (χ1v) is 11.1. The number of hydrogen-bond acceptors (Lipinski definition) is 7. The molecule has 0 aliphatic rings. The molecule has 0 atom stereocenters. The molecule has 3 rings (SSSR count). The van der Waals surface area contributed by atoms with E-state index in [1.165, 1.54) is 39.0 Å². The largest absolute Gasteiger partial charge is 0.497 e. The molecule has 192 valence electrons. The van der Waals surface area contributed by atoms with Crippen molar-refractivity contribution in [1.29, 1.82) is 0 Å². The standard InChI is InChI=1S/C12H12O3.C9H12O2.C8H10O2/c1-7(13)10-4-11(8(2)14)6-12(5-10)9(3)15;1-7-6-8(10-2)4-5-9(7)11-3;1-9-7-5-3-4-6-8(7)10-2/h4-6H,1-3H3;4-6H,1-3H3;3-6H,1-2H3. The smallest absolute Gasteiger partial charge is 0.160 e. The molecule has 0 radical (unpaired) electrons. The van der Waals surface area contributed by atoms with Crippen molar-refractivity contribution in [3.8, 4) is 23.0 Å². The van der Waals surface area contributed by atoms with Crippen molar-refractivity contribution in [3.63, 3.8) is 0 Å². The van der Waals surface area contributed by atoms with E-state index >= 15 is 0 Å². The number of Topliss-reactive ketones (excluding diaryl/α,β-unsaturated/α-hetero) is 3. The molecule has 0 aromatic heterocycles. The maximum Gasteiger partial charge on any atom is 0.160 e. The molecule has 0 fully saturated rings. The van der Waals surface area contributed by atoms with Crippen LogP contribution in [0.2, 0.25) is 0 Å². The van der Waals surface area contributed by atoms with Gasteiger partial charge in [-0.25, -0.2) is 0 Å². The summed E-state index contributed by atoms with van der Waals surface area (Å²) in [6, 6.07) is 17.8. The van der Waals surface area contributed by atoms with Gasteiger partial charge in [-0.05, 0) is 81.8 Å². The molecule has 0 aliphatic carbocycles. The highest BCUT2D eigenvalue weighted by atomic mass is 16.5. The van der Waals surface area contributed by atoms with Crippen molar-refractivity contribution in [2.24, 2.45) is 0 Å². The minimum Gasteiger partial charge on any atom is -0.497 e. The fourth-order valence-electron chi connectivity index (χ4n) is 3.00. The van der Waals surface area contributed by atoms with Crippen LogP contribution >= 0.6 is 0 Å². The average molecular weight is 495 g/mol. The molecule has 7 nitrogen and oxygen atoms in total. The van der Waals surface area contributed by atoms with Crippen LogP contribution in [0.15, 0.2) is 60.7 Å². The lowest BCUT2D eigenvalue weighted by molar-refractivity contribution is 0.101. The molecule has 0 aliphatic heterocycles. The van der Waals surface area contributed by atoms with E-state index in [4.69, 9.17) is 18.9 Å². The molecule has 0 N–H and O–H groups in total. The summed E-state index contributed by atoms with van der Waals surface area (Å²) in [5.74, 6) is 2.84. The van der Waals surface area contributed by atoms with E-state index in [-0.39, 0.29) is 17.3 Å². The van der Waals surface area contributed by atoms with E-state index in [9.17, 15) is 14.4 Å². The van der Waals surface area contributed by atoms with E-state index < -0.39 is 0 Å². The van der Waals surface area contributed by atoms with Crippen LogP contribution in [0.4, 0.5) is 0 Å². The predicted molar refractivity (Wildman–Crippen MR) is 140 cm³/mol. The number of methoxy groups -OCH3 is 4. The lowest BCUT2D eigenvalue weighted by Crippen LogP contribution is -2.03. The Morgan fingerprint density at radius 1 is 0.528 bits per heavy atom. The molecule has 0 amide bonds. The molecule has 0 saturated carbocycles. The summed E-state index contributed by atoms with van der Waals surface area (Å²) in [4.78, 5) is 33.5. The van der Waals surface area contributed by atoms with Crippen molar-refractivity contribution in [1.82, 2.24) is 0 Å². The molecule has 0 spiro atoms. The van der Waals surface area contributed by atoms with Gasteiger partial charge in [-0.1, -0.05) is 12.1 Å². The number of para-hydroxylation sites is 2. The Morgan fingerprint density at radius 2 is 0.917 bits per heavy atom. The van der Waals surface area contributed by atoms with Gasteiger partial charge >= 0.3 is 0 Å². The summed E-state index contributed by atoms with van der Waals surface area (Å²) in [6.45, 7) is 6.21. The SMILES string of the molecule is CC(=O)c1cc(C(C)=O)cc(C(C)=O)c1.COc1ccc(OC)c(C)c1.COc1ccccc1OC. The number of hydrogen-bond donors (Lipinski definition) is 0. The van der Waals surface area contributed by atoms with Gasteiger partial charge in [0.1, 0.15) is 11.5 Å². The average Bonchev–Trinajstić information content (AvgIpc) is 2.88. The number of aryl methyl sites for hydroxylation is 1. The van der Waals surface area contributed by atoms with Crippen molar-refractivity contribution >= 4 is 17.3 Å². The van der Waals surface area contributed by atoms with Crippen LogP contribution in [-0.2, 0) is 0 Å². The zero-order valence-electron chi connectivity index (χ0n) is 22.1. The Hall–Kier alpha value is -4.13. The van der Waals surface area contributed by atoms with Crippen LogP contribution in [0.5, 0.6) is 23.0 Å². The van der Waals surface area contributed by atoms with Crippen molar-refractivity contribution in [3.05, 3.63) is 82.9 Å². The van der Waals surface area contributed by atoms with Crippen molar-refractivity contribution in [2.75, 3.05) is 28.4 Å². The van der Waals surface area contributed by atoms with Gasteiger partial charge < -0.3 is 18.9 Å². The van der Waals surface area contributed by atoms with Gasteiger partial charge in [0.2, 0.25) is 0 Å². The number of rotatable bonds is 7. The molecule has 7 heteroatoms. The van der Waals surface area contributed by atoms with Gasteiger partial charge in [0, 0.05) is 16.7 Å². The highest BCUT2D eigenvalue weighted by molar-refractivity contribution is 6.04. The summed E-state index contributed by atoms with van der Waals surface area (Å²) in [5, 5.41) is 0. The highest BCUT2D eigenvalue weighted by Crippen LogP contribution is 2.24. The Morgan fingerprint density at radius 3 is 1.19 bits per heavy atom. The first-order valence-electron chi connectivity index (χ1n) is 11.1. The summed E-state index contributed by atoms with van der Waals surface area (Å²) >= 11 is 0. The maximum atomic E-state index is 11.2. The summed E-state index contributed by atoms with van der Waals surface area (Å²) in [6.07, 6.45) is 0. The predicted octanol–water partition coefficient (Wildman–Crippen LogP) is 6.01. The molecular weight excluding hydrogens is 460 g/mol. The molecule has 0 saturated heterocycles. The fraction of sp³-hybridized carbons (Fsp3) is 0.276. The quantitative estimate of drug-likeness (QED) is 0.372. The second-order valence-electron chi connectivity index (χ2n) is 7.66. The first kappa shape index (κ1) is 29.9. The Balaban J connectivity index is 0.000000277. The van der Waals surface area contributed by atoms with Crippen LogP contribution in [-0.4, -0.2) is 45.8 Å². The molecule has 0 heterocycles. The first-order chi connectivity index (χ1) is 17.1. The van der Waals surface area contributed by atoms with Crippen molar-refractivity contribution < 1.29 is 33.3 Å². The monoisotopic (exact) mass is 494 g/mol. The van der Waals surface area contributed by atoms with Gasteiger partial charge in [-0.15, -0.1) is 0 Å². The summed E-state index contributed by atoms with van der Waals surface area (Å²) < 4.78 is 20.2. The zero-order chi connectivity index (χ0) is 27.3. The maximum absolute atomic E-state index is 11.2. The Labute approximate surface area is 213 Å². The second kappa shape index (κ2) is 15.0. The molecule has 3 aromatic rings. The van der Waals surface area contributed by atoms with E-state index in [2.05, 4.69) is 0 Å². The second-order valence-corrected chi connectivity index (χ2v) is 7.66. The third-order valence-electron chi connectivity index (χ3n) is 5.04. The van der Waals surface area contributed by atoms with Crippen LogP contribution in [0, 0.1) is 6.92 Å². The Kier molecular flexibility index (Phi) is 12.4. The molecule has 36 heavy (non-hydrogen) atoms. The number of ether oxygens (including phenoxy) is 4. The minimum absolute atomic E-state index is 0.152. The number of carbonyl (C=O) groups excluding carboxylic acids is 3. The van der Waals surface area contributed by atoms with E-state index in [1.807, 2.05) is 49.4 Å². The molecule has 0 unspecified atom stereocenters. The topological polar surface area (TPSA) is 88.1 Å². The number of ketones is 3. The van der Waals surface area contributed by atoms with E-state index in [0.717, 1.165) is 28.6 Å². The Bertz CT molecular complexity index is 1080. The highest BCUT2D eigenvalue weighted by Gasteiger charge is 2.10. The van der Waals surface area contributed by atoms with Crippen molar-refractivity contribution in [2.45, 2.75) is 27.7 Å². The van der Waals surface area contributed by atoms with Crippen LogP contribution in [0.3, 0.4) is 0 Å². The summed E-state index contributed by atoms with van der Waals surface area (Å²) in [7, 11) is 6.56. The molecule has 0 bridgehead atoms. The fourth-order valence-corrected chi connectivity index (χ4v) is 3.00. The van der Waals surface area contributed by atoms with Gasteiger partial charge in [-0.2, -0.15) is 0 Å². The van der Waals surface area contributed by atoms with Crippen LogP contribution in [0.25, 0.3) is 0 Å². The minimum atomic E-state index is -0.152. The van der Waals surface area contributed by atoms with E-state index in [1.54, 1.807) is 28.4 Å². The van der Waals surface area contributed by atoms with Gasteiger partial charge in [0.15, 0.2) is 28.8 Å². The number of benzene rings is 3. The molecule has 3 aromatic carbocycles. The van der Waals surface area contributed by atoms with E-state index in [0.29, 0.717) is 16.7 Å².